The lowest BCUT2D eigenvalue weighted by Gasteiger charge is -2.16. The van der Waals surface area contributed by atoms with Gasteiger partial charge in [-0.05, 0) is 48.2 Å². The lowest BCUT2D eigenvalue weighted by Crippen LogP contribution is -2.41. The molecule has 0 aliphatic carbocycles. The topological polar surface area (TPSA) is 117 Å². The number of carbonyl (C=O) groups excluding carboxylic acids is 1. The third-order valence-corrected chi connectivity index (χ3v) is 5.75. The van der Waals surface area contributed by atoms with Gasteiger partial charge in [0, 0.05) is 29.1 Å². The number of hydrogen-bond donors (Lipinski definition) is 4. The first-order valence-corrected chi connectivity index (χ1v) is 11.2. The number of nitrogens with two attached hydrogens (primary N) is 1. The molecular weight excluding hydrogens is 430 g/mol. The second-order valence-electron chi connectivity index (χ2n) is 8.10. The number of rotatable bonds is 10. The number of aryl methyl sites for hydroxylation is 1. The van der Waals surface area contributed by atoms with Gasteiger partial charge in [0.15, 0.2) is 0 Å². The minimum atomic E-state index is -1.07. The van der Waals surface area contributed by atoms with Gasteiger partial charge in [0.2, 0.25) is 0 Å². The van der Waals surface area contributed by atoms with E-state index < -0.39 is 17.9 Å². The first-order chi connectivity index (χ1) is 16.5. The van der Waals surface area contributed by atoms with Crippen molar-refractivity contribution in [3.63, 3.8) is 0 Å². The summed E-state index contributed by atoms with van der Waals surface area (Å²) in [5, 5.41) is 13.3. The van der Waals surface area contributed by atoms with E-state index in [1.807, 2.05) is 54.7 Å². The number of H-pyrrole nitrogens is 1. The summed E-state index contributed by atoms with van der Waals surface area (Å²) in [7, 11) is 0. The van der Waals surface area contributed by atoms with Crippen LogP contribution in [-0.2, 0) is 17.6 Å². The number of benzene rings is 3. The van der Waals surface area contributed by atoms with Gasteiger partial charge in [-0.25, -0.2) is 4.79 Å². The van der Waals surface area contributed by atoms with Crippen molar-refractivity contribution in [3.8, 4) is 5.75 Å². The van der Waals surface area contributed by atoms with Gasteiger partial charge in [-0.1, -0.05) is 48.5 Å². The molecule has 0 radical (unpaired) electrons. The summed E-state index contributed by atoms with van der Waals surface area (Å²) in [6.45, 7) is 0.381. The Morgan fingerprint density at radius 1 is 1.00 bits per heavy atom. The molecule has 0 aliphatic rings. The van der Waals surface area contributed by atoms with E-state index in [1.54, 1.807) is 18.2 Å². The summed E-state index contributed by atoms with van der Waals surface area (Å²) in [5.41, 5.74) is 9.96. The van der Waals surface area contributed by atoms with E-state index in [2.05, 4.69) is 16.4 Å². The van der Waals surface area contributed by atoms with Crippen molar-refractivity contribution < 1.29 is 19.4 Å². The molecule has 0 fully saturated rings. The zero-order valence-electron chi connectivity index (χ0n) is 18.7. The van der Waals surface area contributed by atoms with Gasteiger partial charge in [0.05, 0.1) is 12.3 Å². The summed E-state index contributed by atoms with van der Waals surface area (Å²) in [4.78, 5) is 27.7. The number of aromatic amines is 1. The molecule has 1 atom stereocenters. The number of amides is 1. The lowest BCUT2D eigenvalue weighted by molar-refractivity contribution is -0.139. The third-order valence-electron chi connectivity index (χ3n) is 5.75. The van der Waals surface area contributed by atoms with Crippen LogP contribution in [0.4, 0.5) is 5.69 Å². The molecule has 0 unspecified atom stereocenters. The Labute approximate surface area is 197 Å². The van der Waals surface area contributed by atoms with Crippen molar-refractivity contribution in [2.75, 3.05) is 12.3 Å². The first kappa shape index (κ1) is 22.9. The molecule has 0 aliphatic heterocycles. The van der Waals surface area contributed by atoms with Crippen molar-refractivity contribution in [2.24, 2.45) is 0 Å². The maximum Gasteiger partial charge on any atom is 0.326 e. The van der Waals surface area contributed by atoms with E-state index >= 15 is 0 Å². The molecule has 1 heterocycles. The number of aromatic nitrogens is 1. The molecule has 1 amide bonds. The number of carboxylic acid groups (broad SMARTS) is 1. The number of para-hydroxylation sites is 1. The van der Waals surface area contributed by atoms with Crippen molar-refractivity contribution in [1.82, 2.24) is 10.3 Å². The van der Waals surface area contributed by atoms with E-state index in [-0.39, 0.29) is 6.42 Å². The third kappa shape index (κ3) is 5.56. The SMILES string of the molecule is Nc1ccc(C(=O)N[C@@H](CCc2ccccc2)C(=O)O)cc1OCCc1c[nH]c2ccccc12. The molecule has 5 N–H and O–H groups in total. The van der Waals surface area contributed by atoms with Crippen molar-refractivity contribution in [2.45, 2.75) is 25.3 Å². The van der Waals surface area contributed by atoms with Gasteiger partial charge in [-0.15, -0.1) is 0 Å². The average Bonchev–Trinajstić information content (AvgIpc) is 3.26. The summed E-state index contributed by atoms with van der Waals surface area (Å²) in [6.07, 6.45) is 3.46. The predicted octanol–water partition coefficient (Wildman–Crippen LogP) is 4.19. The highest BCUT2D eigenvalue weighted by molar-refractivity contribution is 5.97. The number of ether oxygens (including phenoxy) is 1. The minimum Gasteiger partial charge on any atom is -0.491 e. The highest BCUT2D eigenvalue weighted by atomic mass is 16.5. The smallest absolute Gasteiger partial charge is 0.326 e. The van der Waals surface area contributed by atoms with Crippen LogP contribution >= 0.6 is 0 Å². The molecule has 0 saturated heterocycles. The quantitative estimate of drug-likeness (QED) is 0.266. The van der Waals surface area contributed by atoms with Gasteiger partial charge in [-0.2, -0.15) is 0 Å². The maximum absolute atomic E-state index is 12.8. The molecule has 7 heteroatoms. The fourth-order valence-corrected chi connectivity index (χ4v) is 3.86. The summed E-state index contributed by atoms with van der Waals surface area (Å²) >= 11 is 0. The van der Waals surface area contributed by atoms with Crippen LogP contribution in [0.15, 0.2) is 79.0 Å². The number of carboxylic acids is 1. The van der Waals surface area contributed by atoms with Gasteiger partial charge in [0.1, 0.15) is 11.8 Å². The predicted molar refractivity (Wildman–Crippen MR) is 132 cm³/mol. The minimum absolute atomic E-state index is 0.286. The highest BCUT2D eigenvalue weighted by Gasteiger charge is 2.21. The van der Waals surface area contributed by atoms with Crippen LogP contribution < -0.4 is 15.8 Å². The molecule has 34 heavy (non-hydrogen) atoms. The lowest BCUT2D eigenvalue weighted by atomic mass is 10.0. The molecule has 0 saturated carbocycles. The number of carbonyl (C=O) groups is 2. The van der Waals surface area contributed by atoms with E-state index in [9.17, 15) is 14.7 Å². The first-order valence-electron chi connectivity index (χ1n) is 11.2. The van der Waals surface area contributed by atoms with Gasteiger partial charge in [0.25, 0.3) is 5.91 Å². The molecule has 4 rings (SSSR count). The number of hydrogen-bond acceptors (Lipinski definition) is 4. The number of nitrogens with one attached hydrogen (secondary N) is 2. The largest absolute Gasteiger partial charge is 0.491 e. The Morgan fingerprint density at radius 2 is 1.76 bits per heavy atom. The summed E-state index contributed by atoms with van der Waals surface area (Å²) in [6, 6.07) is 21.3. The number of nitrogen functional groups attached to an aromatic ring is 1. The van der Waals surface area contributed by atoms with Crippen LogP contribution in [0.5, 0.6) is 5.75 Å². The zero-order valence-corrected chi connectivity index (χ0v) is 18.7. The molecular formula is C27H27N3O4. The van der Waals surface area contributed by atoms with Crippen LogP contribution in [0.25, 0.3) is 10.9 Å². The molecule has 7 nitrogen and oxygen atoms in total. The molecule has 174 valence electrons. The van der Waals surface area contributed by atoms with Crippen LogP contribution in [-0.4, -0.2) is 34.6 Å². The Balaban J connectivity index is 1.37. The molecule has 4 aromatic rings. The average molecular weight is 458 g/mol. The monoisotopic (exact) mass is 457 g/mol. The Hall–Kier alpha value is -4.26. The maximum atomic E-state index is 12.8. The normalized spacial score (nSPS) is 11.8. The van der Waals surface area contributed by atoms with Crippen LogP contribution in [0.2, 0.25) is 0 Å². The van der Waals surface area contributed by atoms with Crippen molar-refractivity contribution in [1.29, 1.82) is 0 Å². The van der Waals surface area contributed by atoms with Gasteiger partial charge in [-0.3, -0.25) is 4.79 Å². The fourth-order valence-electron chi connectivity index (χ4n) is 3.86. The van der Waals surface area contributed by atoms with Gasteiger partial charge >= 0.3 is 5.97 Å². The standard InChI is InChI=1S/C27H27N3O4/c28-22-12-11-19(26(31)30-24(27(32)33)13-10-18-6-2-1-3-7-18)16-25(22)34-15-14-20-17-29-23-9-5-4-8-21(20)23/h1-9,11-12,16-17,24,29H,10,13-15,28H2,(H,30,31)(H,32,33)/t24-/m0/s1. The molecule has 0 spiro atoms. The molecule has 3 aromatic carbocycles. The van der Waals surface area contributed by atoms with Crippen molar-refractivity contribution >= 4 is 28.5 Å². The number of anilines is 1. The Bertz CT molecular complexity index is 1280. The highest BCUT2D eigenvalue weighted by Crippen LogP contribution is 2.24. The Kier molecular flexibility index (Phi) is 7.13. The number of fused-ring (bicyclic) bond motifs is 1. The Morgan fingerprint density at radius 3 is 2.56 bits per heavy atom. The fraction of sp³-hybridized carbons (Fsp3) is 0.185. The summed E-state index contributed by atoms with van der Waals surface area (Å²) in [5.74, 6) is -1.17. The van der Waals surface area contributed by atoms with E-state index in [0.29, 0.717) is 36.4 Å². The van der Waals surface area contributed by atoms with Crippen LogP contribution in [0, 0.1) is 0 Å². The van der Waals surface area contributed by atoms with Gasteiger partial charge < -0.3 is 25.9 Å². The van der Waals surface area contributed by atoms with Crippen LogP contribution in [0.1, 0.15) is 27.9 Å². The summed E-state index contributed by atoms with van der Waals surface area (Å²) < 4.78 is 5.87. The van der Waals surface area contributed by atoms with Crippen LogP contribution in [0.3, 0.4) is 0 Å². The number of aliphatic carboxylic acids is 1. The van der Waals surface area contributed by atoms with E-state index in [1.165, 1.54) is 0 Å². The molecule has 1 aromatic heterocycles. The van der Waals surface area contributed by atoms with E-state index in [0.717, 1.165) is 22.0 Å². The second kappa shape index (κ2) is 10.6. The molecule has 0 bridgehead atoms. The van der Waals surface area contributed by atoms with E-state index in [4.69, 9.17) is 10.5 Å². The second-order valence-corrected chi connectivity index (χ2v) is 8.10. The zero-order chi connectivity index (χ0) is 23.9. The van der Waals surface area contributed by atoms with Crippen molar-refractivity contribution in [3.05, 3.63) is 95.7 Å².